The van der Waals surface area contributed by atoms with E-state index < -0.39 is 5.97 Å². The zero-order valence-corrected chi connectivity index (χ0v) is 12.2. The Morgan fingerprint density at radius 1 is 1.43 bits per heavy atom. The first-order chi connectivity index (χ1) is 10.0. The Bertz CT molecular complexity index is 634. The van der Waals surface area contributed by atoms with Crippen LogP contribution in [0.4, 0.5) is 0 Å². The molecule has 0 aliphatic carbocycles. The van der Waals surface area contributed by atoms with Crippen LogP contribution in [-0.2, 0) is 6.61 Å². The lowest BCUT2D eigenvalue weighted by molar-refractivity contribution is 0.0690. The van der Waals surface area contributed by atoms with Crippen molar-refractivity contribution in [3.63, 3.8) is 0 Å². The third-order valence-electron chi connectivity index (χ3n) is 3.10. The fraction of sp³-hybridized carbons (Fsp3) is 0.333. The second kappa shape index (κ2) is 6.30. The molecule has 6 heteroatoms. The van der Waals surface area contributed by atoms with Crippen molar-refractivity contribution in [2.45, 2.75) is 26.5 Å². The summed E-state index contributed by atoms with van der Waals surface area (Å²) in [6, 6.07) is 5.03. The lowest BCUT2D eigenvalue weighted by atomic mass is 10.2. The molecular formula is C15H18N2O4. The molecule has 0 unspecified atom stereocenters. The van der Waals surface area contributed by atoms with Crippen LogP contribution in [0, 0.1) is 0 Å². The molecule has 0 aliphatic rings. The molecule has 112 valence electrons. The molecule has 0 aliphatic heterocycles. The average Bonchev–Trinajstić information content (AvgIpc) is 2.93. The lowest BCUT2D eigenvalue weighted by Gasteiger charge is -2.15. The lowest BCUT2D eigenvalue weighted by Crippen LogP contribution is -2.09. The summed E-state index contributed by atoms with van der Waals surface area (Å²) < 4.78 is 12.8. The third kappa shape index (κ3) is 3.16. The van der Waals surface area contributed by atoms with Crippen molar-refractivity contribution in [3.8, 4) is 11.5 Å². The van der Waals surface area contributed by atoms with E-state index in [9.17, 15) is 9.90 Å². The van der Waals surface area contributed by atoms with Crippen LogP contribution in [0.5, 0.6) is 11.5 Å². The molecule has 0 saturated heterocycles. The smallest absolute Gasteiger partial charge is 0.339 e. The van der Waals surface area contributed by atoms with Gasteiger partial charge in [0.25, 0.3) is 0 Å². The number of aromatic nitrogens is 2. The van der Waals surface area contributed by atoms with E-state index in [0.717, 1.165) is 5.69 Å². The second-order valence-electron chi connectivity index (χ2n) is 4.82. The summed E-state index contributed by atoms with van der Waals surface area (Å²) in [6.45, 7) is 4.30. The highest BCUT2D eigenvalue weighted by atomic mass is 16.5. The fourth-order valence-electron chi connectivity index (χ4n) is 2.05. The van der Waals surface area contributed by atoms with E-state index in [2.05, 4.69) is 4.98 Å². The Kier molecular flexibility index (Phi) is 4.47. The molecule has 1 aromatic heterocycles. The van der Waals surface area contributed by atoms with Crippen LogP contribution in [0.25, 0.3) is 0 Å². The molecule has 1 N–H and O–H groups in total. The number of nitrogens with zero attached hydrogens (tertiary/aromatic N) is 2. The van der Waals surface area contributed by atoms with Gasteiger partial charge >= 0.3 is 5.97 Å². The van der Waals surface area contributed by atoms with Crippen LogP contribution in [0.2, 0.25) is 0 Å². The zero-order chi connectivity index (χ0) is 15.4. The standard InChI is InChI=1S/C15H18N2O4/c1-10(2)17-9-16-7-11(17)8-21-14-12(15(18)19)5-4-6-13(14)20-3/h4-7,9-10H,8H2,1-3H3,(H,18,19). The minimum Gasteiger partial charge on any atom is -0.493 e. The minimum atomic E-state index is -1.05. The molecule has 0 spiro atoms. The van der Waals surface area contributed by atoms with Crippen LogP contribution in [0.15, 0.2) is 30.7 Å². The van der Waals surface area contributed by atoms with Gasteiger partial charge in [-0.15, -0.1) is 0 Å². The number of imidazole rings is 1. The molecule has 6 nitrogen and oxygen atoms in total. The van der Waals surface area contributed by atoms with Crippen LogP contribution in [-0.4, -0.2) is 27.7 Å². The molecule has 0 saturated carbocycles. The Balaban J connectivity index is 2.27. The first-order valence-electron chi connectivity index (χ1n) is 6.58. The SMILES string of the molecule is COc1cccc(C(=O)O)c1OCc1cncn1C(C)C. The Hall–Kier alpha value is -2.50. The number of rotatable bonds is 6. The van der Waals surface area contributed by atoms with Crippen LogP contribution in [0.3, 0.4) is 0 Å². The molecule has 0 amide bonds. The molecule has 2 aromatic rings. The second-order valence-corrected chi connectivity index (χ2v) is 4.82. The van der Waals surface area contributed by atoms with Gasteiger partial charge < -0.3 is 19.1 Å². The summed E-state index contributed by atoms with van der Waals surface area (Å²) in [5, 5.41) is 9.23. The maximum Gasteiger partial charge on any atom is 0.339 e. The van der Waals surface area contributed by atoms with E-state index in [1.807, 2.05) is 18.4 Å². The van der Waals surface area contributed by atoms with Gasteiger partial charge in [0.1, 0.15) is 12.2 Å². The summed E-state index contributed by atoms with van der Waals surface area (Å²) in [5.41, 5.74) is 0.942. The molecule has 1 heterocycles. The molecule has 0 fully saturated rings. The van der Waals surface area contributed by atoms with Crippen molar-refractivity contribution in [2.24, 2.45) is 0 Å². The van der Waals surface area contributed by atoms with Crippen molar-refractivity contribution in [1.82, 2.24) is 9.55 Å². The fourth-order valence-corrected chi connectivity index (χ4v) is 2.05. The average molecular weight is 290 g/mol. The molecular weight excluding hydrogens is 272 g/mol. The topological polar surface area (TPSA) is 73.6 Å². The predicted molar refractivity (Wildman–Crippen MR) is 76.9 cm³/mol. The number of hydrogen-bond acceptors (Lipinski definition) is 4. The van der Waals surface area contributed by atoms with Gasteiger partial charge in [0.05, 0.1) is 25.3 Å². The number of para-hydroxylation sites is 1. The summed E-state index contributed by atoms with van der Waals surface area (Å²) in [7, 11) is 1.48. The Morgan fingerprint density at radius 2 is 2.19 bits per heavy atom. The van der Waals surface area contributed by atoms with Gasteiger partial charge in [0, 0.05) is 6.04 Å². The number of aromatic carboxylic acids is 1. The number of hydrogen-bond donors (Lipinski definition) is 1. The number of benzene rings is 1. The number of ether oxygens (including phenoxy) is 2. The molecule has 1 aromatic carbocycles. The van der Waals surface area contributed by atoms with Crippen molar-refractivity contribution in [3.05, 3.63) is 42.0 Å². The maximum absolute atomic E-state index is 11.3. The van der Waals surface area contributed by atoms with E-state index in [1.54, 1.807) is 24.7 Å². The summed E-state index contributed by atoms with van der Waals surface area (Å²) >= 11 is 0. The number of carboxylic acids is 1. The maximum atomic E-state index is 11.3. The van der Waals surface area contributed by atoms with E-state index >= 15 is 0 Å². The van der Waals surface area contributed by atoms with Gasteiger partial charge in [-0.1, -0.05) is 6.07 Å². The normalized spacial score (nSPS) is 10.7. The third-order valence-corrected chi connectivity index (χ3v) is 3.10. The van der Waals surface area contributed by atoms with Gasteiger partial charge in [-0.25, -0.2) is 9.78 Å². The number of carboxylic acid groups (broad SMARTS) is 1. The van der Waals surface area contributed by atoms with Gasteiger partial charge in [-0.3, -0.25) is 0 Å². The summed E-state index contributed by atoms with van der Waals surface area (Å²) in [4.78, 5) is 15.4. The van der Waals surface area contributed by atoms with Gasteiger partial charge in [0.2, 0.25) is 0 Å². The van der Waals surface area contributed by atoms with Crippen molar-refractivity contribution >= 4 is 5.97 Å². The largest absolute Gasteiger partial charge is 0.493 e. The first-order valence-corrected chi connectivity index (χ1v) is 6.58. The predicted octanol–water partition coefficient (Wildman–Crippen LogP) is 2.75. The van der Waals surface area contributed by atoms with Gasteiger partial charge in [0.15, 0.2) is 11.5 Å². The van der Waals surface area contributed by atoms with Gasteiger partial charge in [-0.05, 0) is 26.0 Å². The van der Waals surface area contributed by atoms with Crippen LogP contribution >= 0.6 is 0 Å². The highest BCUT2D eigenvalue weighted by Crippen LogP contribution is 2.31. The minimum absolute atomic E-state index is 0.0740. The molecule has 0 bridgehead atoms. The summed E-state index contributed by atoms with van der Waals surface area (Å²) in [5.74, 6) is -0.434. The van der Waals surface area contributed by atoms with E-state index in [4.69, 9.17) is 9.47 Å². The quantitative estimate of drug-likeness (QED) is 0.885. The van der Waals surface area contributed by atoms with E-state index in [-0.39, 0.29) is 24.0 Å². The molecule has 2 rings (SSSR count). The van der Waals surface area contributed by atoms with Crippen LogP contribution < -0.4 is 9.47 Å². The van der Waals surface area contributed by atoms with Crippen molar-refractivity contribution in [2.75, 3.05) is 7.11 Å². The molecule has 21 heavy (non-hydrogen) atoms. The van der Waals surface area contributed by atoms with E-state index in [0.29, 0.717) is 5.75 Å². The molecule has 0 radical (unpaired) electrons. The zero-order valence-electron chi connectivity index (χ0n) is 12.2. The Morgan fingerprint density at radius 3 is 2.81 bits per heavy atom. The highest BCUT2D eigenvalue weighted by molar-refractivity contribution is 5.92. The van der Waals surface area contributed by atoms with Crippen molar-refractivity contribution in [1.29, 1.82) is 0 Å². The Labute approximate surface area is 122 Å². The highest BCUT2D eigenvalue weighted by Gasteiger charge is 2.17. The first kappa shape index (κ1) is 14.9. The summed E-state index contributed by atoms with van der Waals surface area (Å²) in [6.07, 6.45) is 3.43. The molecule has 0 atom stereocenters. The van der Waals surface area contributed by atoms with Crippen molar-refractivity contribution < 1.29 is 19.4 Å². The number of carbonyl (C=O) groups is 1. The monoisotopic (exact) mass is 290 g/mol. The van der Waals surface area contributed by atoms with Crippen LogP contribution in [0.1, 0.15) is 35.9 Å². The number of methoxy groups -OCH3 is 1. The van der Waals surface area contributed by atoms with E-state index in [1.165, 1.54) is 13.2 Å². The van der Waals surface area contributed by atoms with Gasteiger partial charge in [-0.2, -0.15) is 0 Å².